The SMILES string of the molecule is Nc1ncnc2nc[nH]c12.O=Cc1cccc2c1OC(c1ccccc1)CC2. The Hall–Kier alpha value is -3.74. The second-order valence-corrected chi connectivity index (χ2v) is 6.37. The van der Waals surface area contributed by atoms with E-state index in [-0.39, 0.29) is 6.10 Å². The number of nitrogens with one attached hydrogen (secondary N) is 1. The van der Waals surface area contributed by atoms with Crippen molar-refractivity contribution in [3.63, 3.8) is 0 Å². The number of hydrogen-bond acceptors (Lipinski definition) is 6. The molecule has 3 N–H and O–H groups in total. The van der Waals surface area contributed by atoms with E-state index in [0.29, 0.717) is 22.5 Å². The summed E-state index contributed by atoms with van der Waals surface area (Å²) >= 11 is 0. The molecule has 1 aliphatic rings. The van der Waals surface area contributed by atoms with Gasteiger partial charge in [-0.25, -0.2) is 15.0 Å². The first-order valence-electron chi connectivity index (χ1n) is 8.94. The number of imidazole rings is 1. The minimum atomic E-state index is 0.0554. The molecule has 1 aliphatic heterocycles. The molecule has 5 rings (SSSR count). The molecule has 1 atom stereocenters. The fourth-order valence-corrected chi connectivity index (χ4v) is 3.21. The third kappa shape index (κ3) is 3.55. The number of H-pyrrole nitrogens is 1. The van der Waals surface area contributed by atoms with Gasteiger partial charge in [-0.1, -0.05) is 42.5 Å². The quantitative estimate of drug-likeness (QED) is 0.521. The maximum absolute atomic E-state index is 11.0. The third-order valence-corrected chi connectivity index (χ3v) is 4.61. The summed E-state index contributed by atoms with van der Waals surface area (Å²) in [6, 6.07) is 15.9. The van der Waals surface area contributed by atoms with Gasteiger partial charge in [0.05, 0.1) is 11.9 Å². The number of benzene rings is 2. The second-order valence-electron chi connectivity index (χ2n) is 6.37. The molecule has 0 radical (unpaired) electrons. The number of anilines is 1. The normalized spacial score (nSPS) is 15.1. The van der Waals surface area contributed by atoms with E-state index in [2.05, 4.69) is 32.1 Å². The van der Waals surface area contributed by atoms with Crippen LogP contribution in [-0.4, -0.2) is 26.2 Å². The topological polar surface area (TPSA) is 107 Å². The van der Waals surface area contributed by atoms with Crippen molar-refractivity contribution in [1.82, 2.24) is 19.9 Å². The molecule has 3 heterocycles. The van der Waals surface area contributed by atoms with Gasteiger partial charge in [-0.05, 0) is 30.0 Å². The smallest absolute Gasteiger partial charge is 0.182 e. The summed E-state index contributed by atoms with van der Waals surface area (Å²) in [6.07, 6.45) is 5.76. The fraction of sp³-hybridized carbons (Fsp3) is 0.143. The lowest BCUT2D eigenvalue weighted by molar-refractivity contribution is 0.111. The average Bonchev–Trinajstić information content (AvgIpc) is 3.24. The van der Waals surface area contributed by atoms with E-state index in [9.17, 15) is 4.79 Å². The number of para-hydroxylation sites is 1. The molecular weight excluding hydrogens is 354 g/mol. The van der Waals surface area contributed by atoms with Gasteiger partial charge in [-0.3, -0.25) is 4.79 Å². The first-order valence-corrected chi connectivity index (χ1v) is 8.94. The molecular formula is C21H19N5O2. The number of nitrogen functional groups attached to an aromatic ring is 1. The average molecular weight is 373 g/mol. The molecule has 2 aromatic heterocycles. The lowest BCUT2D eigenvalue weighted by Gasteiger charge is -2.27. The Morgan fingerprint density at radius 1 is 1.07 bits per heavy atom. The Kier molecular flexibility index (Phi) is 4.97. The number of nitrogens with two attached hydrogens (primary N) is 1. The molecule has 7 heteroatoms. The van der Waals surface area contributed by atoms with Gasteiger partial charge >= 0.3 is 0 Å². The molecule has 28 heavy (non-hydrogen) atoms. The predicted molar refractivity (Wildman–Crippen MR) is 106 cm³/mol. The molecule has 0 bridgehead atoms. The van der Waals surface area contributed by atoms with E-state index in [1.807, 2.05) is 30.3 Å². The van der Waals surface area contributed by atoms with Gasteiger partial charge in [0.15, 0.2) is 17.8 Å². The van der Waals surface area contributed by atoms with Gasteiger partial charge in [0.1, 0.15) is 23.7 Å². The summed E-state index contributed by atoms with van der Waals surface area (Å²) in [6.45, 7) is 0. The van der Waals surface area contributed by atoms with Crippen molar-refractivity contribution >= 4 is 23.3 Å². The number of hydrogen-bond donors (Lipinski definition) is 2. The Morgan fingerprint density at radius 2 is 1.93 bits per heavy atom. The number of aromatic nitrogens is 4. The highest BCUT2D eigenvalue weighted by atomic mass is 16.5. The minimum Gasteiger partial charge on any atom is -0.485 e. The Bertz CT molecular complexity index is 1090. The van der Waals surface area contributed by atoms with E-state index >= 15 is 0 Å². The molecule has 0 saturated carbocycles. The number of aldehydes is 1. The van der Waals surface area contributed by atoms with Crippen molar-refractivity contribution in [2.45, 2.75) is 18.9 Å². The van der Waals surface area contributed by atoms with E-state index in [1.165, 1.54) is 18.2 Å². The Labute approximate surface area is 161 Å². The van der Waals surface area contributed by atoms with Crippen LogP contribution in [0.5, 0.6) is 5.75 Å². The van der Waals surface area contributed by atoms with Crippen LogP contribution in [-0.2, 0) is 6.42 Å². The van der Waals surface area contributed by atoms with E-state index < -0.39 is 0 Å². The van der Waals surface area contributed by atoms with Crippen LogP contribution >= 0.6 is 0 Å². The van der Waals surface area contributed by atoms with Crippen LogP contribution < -0.4 is 10.5 Å². The fourth-order valence-electron chi connectivity index (χ4n) is 3.21. The number of carbonyl (C=O) groups excluding carboxylic acids is 1. The summed E-state index contributed by atoms with van der Waals surface area (Å²) in [4.78, 5) is 25.4. The van der Waals surface area contributed by atoms with Crippen molar-refractivity contribution in [1.29, 1.82) is 0 Å². The number of aromatic amines is 1. The zero-order valence-corrected chi connectivity index (χ0v) is 15.1. The largest absolute Gasteiger partial charge is 0.485 e. The zero-order chi connectivity index (χ0) is 19.3. The lowest BCUT2D eigenvalue weighted by Crippen LogP contribution is -2.16. The molecule has 0 spiro atoms. The summed E-state index contributed by atoms with van der Waals surface area (Å²) < 4.78 is 6.01. The van der Waals surface area contributed by atoms with Gasteiger partial charge in [-0.15, -0.1) is 0 Å². The number of aryl methyl sites for hydroxylation is 1. The van der Waals surface area contributed by atoms with Crippen molar-refractivity contribution in [2.24, 2.45) is 0 Å². The second kappa shape index (κ2) is 7.87. The van der Waals surface area contributed by atoms with Gasteiger partial charge in [0, 0.05) is 0 Å². The molecule has 2 aromatic carbocycles. The van der Waals surface area contributed by atoms with Gasteiger partial charge in [0.25, 0.3) is 0 Å². The molecule has 4 aromatic rings. The summed E-state index contributed by atoms with van der Waals surface area (Å²) in [5.74, 6) is 1.19. The predicted octanol–water partition coefficient (Wildman–Crippen LogP) is 3.50. The first-order chi connectivity index (χ1) is 13.8. The van der Waals surface area contributed by atoms with Crippen LogP contribution in [0.4, 0.5) is 5.82 Å². The van der Waals surface area contributed by atoms with Crippen LogP contribution in [0.2, 0.25) is 0 Å². The summed E-state index contributed by atoms with van der Waals surface area (Å²) in [5.41, 5.74) is 9.73. The van der Waals surface area contributed by atoms with Crippen molar-refractivity contribution in [3.05, 3.63) is 77.9 Å². The number of fused-ring (bicyclic) bond motifs is 2. The zero-order valence-electron chi connectivity index (χ0n) is 15.1. The lowest BCUT2D eigenvalue weighted by atomic mass is 9.96. The highest BCUT2D eigenvalue weighted by Gasteiger charge is 2.22. The highest BCUT2D eigenvalue weighted by Crippen LogP contribution is 2.36. The standard InChI is InChI=1S/C16H14O2.C5H5N5/c17-11-14-8-4-7-13-9-10-15(18-16(13)14)12-5-2-1-3-6-12;6-4-3-5(9-1-7-3)10-2-8-4/h1-8,11,15H,9-10H2;1-2H,(H3,6,7,8,9,10). The Balaban J connectivity index is 0.000000162. The molecule has 140 valence electrons. The van der Waals surface area contributed by atoms with Crippen molar-refractivity contribution in [2.75, 3.05) is 5.73 Å². The summed E-state index contributed by atoms with van der Waals surface area (Å²) in [5, 5.41) is 0. The highest BCUT2D eigenvalue weighted by molar-refractivity contribution is 5.80. The van der Waals surface area contributed by atoms with E-state index in [1.54, 1.807) is 6.07 Å². The molecule has 0 saturated heterocycles. The number of carbonyl (C=O) groups is 1. The van der Waals surface area contributed by atoms with Gasteiger partial charge in [-0.2, -0.15) is 0 Å². The number of rotatable bonds is 2. The summed E-state index contributed by atoms with van der Waals surface area (Å²) in [7, 11) is 0. The van der Waals surface area contributed by atoms with Crippen LogP contribution in [0.25, 0.3) is 11.2 Å². The van der Waals surface area contributed by atoms with Crippen LogP contribution in [0.1, 0.15) is 34.0 Å². The maximum Gasteiger partial charge on any atom is 0.182 e. The van der Waals surface area contributed by atoms with Crippen LogP contribution in [0.3, 0.4) is 0 Å². The maximum atomic E-state index is 11.0. The van der Waals surface area contributed by atoms with Crippen molar-refractivity contribution in [3.8, 4) is 5.75 Å². The van der Waals surface area contributed by atoms with Crippen molar-refractivity contribution < 1.29 is 9.53 Å². The van der Waals surface area contributed by atoms with Crippen LogP contribution in [0, 0.1) is 0 Å². The monoisotopic (exact) mass is 373 g/mol. The van der Waals surface area contributed by atoms with Gasteiger partial charge < -0.3 is 15.5 Å². The molecule has 0 fully saturated rings. The minimum absolute atomic E-state index is 0.0554. The Morgan fingerprint density at radius 3 is 2.71 bits per heavy atom. The first kappa shape index (κ1) is 17.7. The van der Waals surface area contributed by atoms with Crippen LogP contribution in [0.15, 0.2) is 61.2 Å². The van der Waals surface area contributed by atoms with E-state index in [0.717, 1.165) is 30.4 Å². The molecule has 0 aliphatic carbocycles. The number of ether oxygens (including phenoxy) is 1. The molecule has 7 nitrogen and oxygen atoms in total. The van der Waals surface area contributed by atoms with E-state index in [4.69, 9.17) is 10.5 Å². The number of nitrogens with zero attached hydrogens (tertiary/aromatic N) is 3. The molecule has 1 unspecified atom stereocenters. The third-order valence-electron chi connectivity index (χ3n) is 4.61. The van der Waals surface area contributed by atoms with Gasteiger partial charge in [0.2, 0.25) is 0 Å². The molecule has 0 amide bonds.